The highest BCUT2D eigenvalue weighted by Crippen LogP contribution is 2.45. The van der Waals surface area contributed by atoms with E-state index in [1.54, 1.807) is 78.9 Å². The van der Waals surface area contributed by atoms with Gasteiger partial charge in [-0.15, -0.1) is 0 Å². The van der Waals surface area contributed by atoms with Crippen LogP contribution in [0.2, 0.25) is 0 Å². The van der Waals surface area contributed by atoms with Crippen molar-refractivity contribution < 1.29 is 80.0 Å². The van der Waals surface area contributed by atoms with Gasteiger partial charge < -0.3 is 54.2 Å². The van der Waals surface area contributed by atoms with Gasteiger partial charge in [-0.2, -0.15) is 4.31 Å². The Kier molecular flexibility index (Phi) is 27.1. The molecule has 2 saturated heterocycles. The summed E-state index contributed by atoms with van der Waals surface area (Å²) in [6.07, 6.45) is 9.24. The number of carboxylic acid groups (broad SMARTS) is 4. The molecule has 4 aliphatic rings. The molecule has 132 heavy (non-hydrogen) atoms. The lowest BCUT2D eigenvalue weighted by Gasteiger charge is -2.32. The summed E-state index contributed by atoms with van der Waals surface area (Å²) in [5.41, 5.74) is 14.4. The number of benzene rings is 9. The Balaban J connectivity index is 0.000000128. The maximum Gasteiger partial charge on any atom is 0.323 e. The number of halogens is 4. The summed E-state index contributed by atoms with van der Waals surface area (Å²) >= 11 is 0. The summed E-state index contributed by atoms with van der Waals surface area (Å²) < 4.78 is 90.7. The number of pyridine rings is 2. The second-order valence-electron chi connectivity index (χ2n) is 35.0. The zero-order valence-corrected chi connectivity index (χ0v) is 74.6. The van der Waals surface area contributed by atoms with Gasteiger partial charge in [0.1, 0.15) is 60.8 Å². The fourth-order valence-corrected chi connectivity index (χ4v) is 22.0. The number of amides is 3. The molecule has 6 N–H and O–H groups in total. The predicted octanol–water partition coefficient (Wildman–Crippen LogP) is 19.8. The number of nitrogens with zero attached hydrogens (tertiary/aromatic N) is 8. The van der Waals surface area contributed by atoms with Crippen molar-refractivity contribution in [2.45, 2.75) is 178 Å². The summed E-state index contributed by atoms with van der Waals surface area (Å²) in [4.78, 5) is 95.6. The quantitative estimate of drug-likeness (QED) is 0.0410. The van der Waals surface area contributed by atoms with E-state index in [1.807, 2.05) is 143 Å². The third-order valence-electron chi connectivity index (χ3n) is 26.8. The Hall–Kier alpha value is -13.9. The molecule has 0 spiro atoms. The van der Waals surface area contributed by atoms with Gasteiger partial charge in [0.15, 0.2) is 0 Å². The molecule has 3 amide bonds. The maximum atomic E-state index is 14.1. The molecule has 2 aliphatic carbocycles. The lowest BCUT2D eigenvalue weighted by molar-refractivity contribution is -0.138. The monoisotopic (exact) mass is 1810 g/mol. The van der Waals surface area contributed by atoms with Crippen LogP contribution < -0.4 is 10.6 Å². The van der Waals surface area contributed by atoms with Crippen molar-refractivity contribution >= 4 is 128 Å². The molecular formula is C104H102F4N10O13S. The maximum absolute atomic E-state index is 14.1. The third-order valence-corrected chi connectivity index (χ3v) is 28.8. The summed E-state index contributed by atoms with van der Waals surface area (Å²) in [6.45, 7) is 10.7. The smallest absolute Gasteiger partial charge is 0.323 e. The van der Waals surface area contributed by atoms with Gasteiger partial charge in [0.05, 0.1) is 15.9 Å². The fourth-order valence-electron chi connectivity index (χ4n) is 20.5. The van der Waals surface area contributed by atoms with E-state index in [-0.39, 0.29) is 108 Å². The highest BCUT2D eigenvalue weighted by Gasteiger charge is 2.36. The van der Waals surface area contributed by atoms with Gasteiger partial charge in [-0.1, -0.05) is 103 Å². The molecule has 8 heterocycles. The van der Waals surface area contributed by atoms with Crippen LogP contribution >= 0.6 is 0 Å². The molecule has 9 aromatic carbocycles. The number of carbonyl (C=O) groups excluding carboxylic acids is 3. The standard InChI is InChI=1S/C28H27FN2O3.C27H26FN3O3.C26H24FN3O3.C23H25FN2O4S/c1-17-27(24-15-20(29)11-14-25(24)31(17)16-26(32)33)19-9-12-21(13-10-19)30-28(34)23-8-4-6-18-5-2-3-7-22(18)23;1-16-26(21-14-19(28)9-13-24(21)31(16)15-25(32)33)18-6-10-20(11-7-18)29-27(34)23-12-8-17-4-2-3-5-22(17)30-23;1-16-25(20-14-19(27)7-9-23(20)30(16)15-24(31)32)18-10-12-29(13-11-18)26(33)22-8-6-17-4-2-3-5-21(17)28-22;1-15-3-6-19(7-4-15)31(29,30)25-11-9-17(10-12-25)23-16(2)26(14-22(27)28)21-8-5-18(24)13-20(21)23/h2-8,11,14-15,19,21H,9-10,12-13,16H2,1H3,(H,30,34)(H,32,33);2-5,8-9,12-14,18,20H,6-7,10-11,15H2,1H3,(H,29,34)(H,32,33);2-9,14,18H,10-13,15H2,1H3,(H,31,32);3-8,13,17H,9-12,14H2,1-2H3,(H,27,28). The van der Waals surface area contributed by atoms with Gasteiger partial charge in [-0.05, 0) is 284 Å². The van der Waals surface area contributed by atoms with Gasteiger partial charge in [0.25, 0.3) is 17.7 Å². The minimum Gasteiger partial charge on any atom is -0.480 e. The Morgan fingerprint density at radius 1 is 0.356 bits per heavy atom. The van der Waals surface area contributed by atoms with Gasteiger partial charge >= 0.3 is 23.9 Å². The summed E-state index contributed by atoms with van der Waals surface area (Å²) in [7, 11) is -3.56. The number of para-hydroxylation sites is 2. The molecule has 680 valence electrons. The van der Waals surface area contributed by atoms with Crippen molar-refractivity contribution in [3.63, 3.8) is 0 Å². The van der Waals surface area contributed by atoms with Crippen LogP contribution in [-0.4, -0.2) is 146 Å². The topological polar surface area (TPSA) is 311 Å². The van der Waals surface area contributed by atoms with Crippen molar-refractivity contribution in [1.29, 1.82) is 0 Å². The molecule has 0 unspecified atom stereocenters. The minimum absolute atomic E-state index is 0.0313. The summed E-state index contributed by atoms with van der Waals surface area (Å²) in [5.74, 6) is -4.89. The number of hydrogen-bond acceptors (Lipinski definition) is 11. The molecule has 4 fully saturated rings. The number of rotatable bonds is 19. The molecule has 0 bridgehead atoms. The molecule has 15 aromatic rings. The number of aryl methyl sites for hydroxylation is 1. The molecule has 2 aliphatic heterocycles. The number of nitrogens with one attached hydrogen (secondary N) is 2. The van der Waals surface area contributed by atoms with Crippen LogP contribution in [0, 0.1) is 57.9 Å². The van der Waals surface area contributed by atoms with Gasteiger partial charge in [0, 0.05) is 121 Å². The fraction of sp³-hybridized carbons (Fsp3) is 0.298. The molecule has 19 rings (SSSR count). The van der Waals surface area contributed by atoms with E-state index in [4.69, 9.17) is 0 Å². The number of sulfonamides is 1. The van der Waals surface area contributed by atoms with Gasteiger partial charge in [0.2, 0.25) is 10.0 Å². The first-order chi connectivity index (χ1) is 63.4. The van der Waals surface area contributed by atoms with Crippen molar-refractivity contribution in [2.24, 2.45) is 0 Å². The van der Waals surface area contributed by atoms with Crippen LogP contribution in [0.4, 0.5) is 17.6 Å². The number of carboxylic acids is 4. The Morgan fingerprint density at radius 2 is 0.697 bits per heavy atom. The Labute approximate surface area is 759 Å². The molecule has 6 aromatic heterocycles. The number of hydrogen-bond donors (Lipinski definition) is 6. The van der Waals surface area contributed by atoms with E-state index in [0.717, 1.165) is 180 Å². The molecular weight excluding hydrogens is 1710 g/mol. The molecule has 2 saturated carbocycles. The van der Waals surface area contributed by atoms with E-state index in [1.165, 1.54) is 52.8 Å². The first kappa shape index (κ1) is 91.5. The lowest BCUT2D eigenvalue weighted by Crippen LogP contribution is -2.38. The van der Waals surface area contributed by atoms with Gasteiger partial charge in [-0.3, -0.25) is 33.6 Å². The molecule has 23 nitrogen and oxygen atoms in total. The summed E-state index contributed by atoms with van der Waals surface area (Å²) in [6, 6.07) is 61.3. The zero-order valence-electron chi connectivity index (χ0n) is 73.8. The van der Waals surface area contributed by atoms with E-state index in [0.29, 0.717) is 66.9 Å². The van der Waals surface area contributed by atoms with Crippen LogP contribution in [0.25, 0.3) is 76.2 Å². The summed E-state index contributed by atoms with van der Waals surface area (Å²) in [5, 5.41) is 50.7. The first-order valence-electron chi connectivity index (χ1n) is 44.6. The number of piperidine rings is 2. The third kappa shape index (κ3) is 19.5. The average Bonchev–Trinajstić information content (AvgIpc) is 1.61. The number of fused-ring (bicyclic) bond motifs is 7. The second kappa shape index (κ2) is 39.1. The van der Waals surface area contributed by atoms with Crippen LogP contribution in [-0.2, 0) is 55.4 Å². The van der Waals surface area contributed by atoms with Crippen LogP contribution in [0.1, 0.15) is 183 Å². The number of aliphatic carboxylic acids is 4. The normalized spacial score (nSPS) is 16.9. The van der Waals surface area contributed by atoms with Crippen molar-refractivity contribution in [3.05, 3.63) is 303 Å². The van der Waals surface area contributed by atoms with E-state index < -0.39 is 33.9 Å². The highest BCUT2D eigenvalue weighted by molar-refractivity contribution is 7.89. The molecule has 0 atom stereocenters. The predicted molar refractivity (Wildman–Crippen MR) is 499 cm³/mol. The van der Waals surface area contributed by atoms with Crippen LogP contribution in [0.15, 0.2) is 217 Å². The number of carbonyl (C=O) groups is 7. The van der Waals surface area contributed by atoms with Crippen molar-refractivity contribution in [1.82, 2.24) is 48.1 Å². The number of likely N-dealkylation sites (tertiary alicyclic amines) is 1. The SMILES string of the molecule is Cc1c(C2CCC(NC(=O)c3ccc4ccccc4n3)CC2)c2cc(F)ccc2n1CC(=O)O.Cc1c(C2CCC(NC(=O)c3cccc4ccccc34)CC2)c2cc(F)ccc2n1CC(=O)O.Cc1c(C2CCN(C(=O)c3ccc4ccccc4n3)CC2)c2cc(F)ccc2n1CC(=O)O.Cc1ccc(S(=O)(=O)N2CCC(c3c(C)n(CC(=O)O)c4ccc(F)cc34)CC2)cc1. The minimum atomic E-state index is -3.56. The van der Waals surface area contributed by atoms with E-state index >= 15 is 0 Å². The highest BCUT2D eigenvalue weighted by atomic mass is 32.2. The van der Waals surface area contributed by atoms with E-state index in [9.17, 15) is 80.0 Å². The number of aromatic nitrogens is 6. The largest absolute Gasteiger partial charge is 0.480 e. The van der Waals surface area contributed by atoms with Crippen LogP contribution in [0.5, 0.6) is 0 Å². The van der Waals surface area contributed by atoms with E-state index in [2.05, 4.69) is 20.6 Å². The van der Waals surface area contributed by atoms with Crippen LogP contribution in [0.3, 0.4) is 0 Å². The Morgan fingerprint density at radius 3 is 1.10 bits per heavy atom. The lowest BCUT2D eigenvalue weighted by atomic mass is 9.80. The average molecular weight is 1810 g/mol. The van der Waals surface area contributed by atoms with Gasteiger partial charge in [-0.25, -0.2) is 35.9 Å². The Bertz CT molecular complexity index is 7100. The molecule has 28 heteroatoms. The zero-order chi connectivity index (χ0) is 93.1. The van der Waals surface area contributed by atoms with Crippen molar-refractivity contribution in [2.75, 3.05) is 26.2 Å². The van der Waals surface area contributed by atoms with Crippen molar-refractivity contribution in [3.8, 4) is 0 Å². The molecule has 0 radical (unpaired) electrons. The second-order valence-corrected chi connectivity index (χ2v) is 36.9. The first-order valence-corrected chi connectivity index (χ1v) is 46.0.